The van der Waals surface area contributed by atoms with Crippen LogP contribution >= 0.6 is 0 Å². The van der Waals surface area contributed by atoms with E-state index in [1.54, 1.807) is 7.11 Å². The summed E-state index contributed by atoms with van der Waals surface area (Å²) in [6, 6.07) is 5.57. The highest BCUT2D eigenvalue weighted by molar-refractivity contribution is 5.93. The van der Waals surface area contributed by atoms with E-state index in [1.807, 2.05) is 52.8 Å². The van der Waals surface area contributed by atoms with Crippen LogP contribution in [0.25, 0.3) is 0 Å². The third kappa shape index (κ3) is 9.03. The summed E-state index contributed by atoms with van der Waals surface area (Å²) in [4.78, 5) is 16.1. The Kier molecular flexibility index (Phi) is 9.25. The number of nitrogens with one attached hydrogen (secondary N) is 3. The zero-order chi connectivity index (χ0) is 20.3. The lowest BCUT2D eigenvalue weighted by atomic mass is 10.2. The summed E-state index contributed by atoms with van der Waals surface area (Å²) in [6.07, 6.45) is -0.452. The van der Waals surface area contributed by atoms with Crippen LogP contribution in [0.2, 0.25) is 0 Å². The second-order valence-corrected chi connectivity index (χ2v) is 6.61. The van der Waals surface area contributed by atoms with Crippen LogP contribution in [-0.4, -0.2) is 51.0 Å². The predicted octanol–water partition coefficient (Wildman–Crippen LogP) is 3.00. The first-order valence-corrected chi connectivity index (χ1v) is 9.12. The molecule has 3 N–H and O–H groups in total. The summed E-state index contributed by atoms with van der Waals surface area (Å²) >= 11 is 0. The molecule has 1 aromatic carbocycles. The summed E-state index contributed by atoms with van der Waals surface area (Å²) in [7, 11) is 1.61. The van der Waals surface area contributed by atoms with Gasteiger partial charge in [-0.3, -0.25) is 4.99 Å². The Bertz CT molecular complexity index is 627. The minimum Gasteiger partial charge on any atom is -0.493 e. The van der Waals surface area contributed by atoms with Crippen molar-refractivity contribution in [2.45, 2.75) is 40.2 Å². The van der Waals surface area contributed by atoms with Crippen LogP contribution < -0.4 is 25.4 Å². The standard InChI is InChI=1S/C19H32N4O4/c1-7-20-17(21-11-12-22-18(24)27-19(3,4)5)23-14-9-10-15(25-6)16(13-14)26-8-2/h9-10,13H,7-8,11-12H2,1-6H3,(H,22,24)(H2,20,21,23). The molecule has 1 aromatic rings. The molecule has 0 aliphatic carbocycles. The van der Waals surface area contributed by atoms with Gasteiger partial charge in [0.15, 0.2) is 17.5 Å². The van der Waals surface area contributed by atoms with E-state index in [4.69, 9.17) is 14.2 Å². The van der Waals surface area contributed by atoms with E-state index >= 15 is 0 Å². The van der Waals surface area contributed by atoms with Crippen molar-refractivity contribution in [1.29, 1.82) is 0 Å². The molecule has 0 bridgehead atoms. The summed E-state index contributed by atoms with van der Waals surface area (Å²) in [6.45, 7) is 11.4. The van der Waals surface area contributed by atoms with Crippen LogP contribution in [-0.2, 0) is 4.74 Å². The molecule has 8 nitrogen and oxygen atoms in total. The summed E-state index contributed by atoms with van der Waals surface area (Å²) in [5.41, 5.74) is 0.301. The van der Waals surface area contributed by atoms with E-state index < -0.39 is 11.7 Å². The number of carbonyl (C=O) groups excluding carboxylic acids is 1. The minimum absolute atomic E-state index is 0.373. The summed E-state index contributed by atoms with van der Waals surface area (Å²) in [5.74, 6) is 1.94. The number of hydrogen-bond acceptors (Lipinski definition) is 5. The zero-order valence-corrected chi connectivity index (χ0v) is 17.1. The average Bonchev–Trinajstić information content (AvgIpc) is 2.58. The number of carbonyl (C=O) groups is 1. The van der Waals surface area contributed by atoms with Gasteiger partial charge >= 0.3 is 6.09 Å². The minimum atomic E-state index is -0.517. The van der Waals surface area contributed by atoms with Crippen molar-refractivity contribution < 1.29 is 19.0 Å². The Labute approximate surface area is 161 Å². The van der Waals surface area contributed by atoms with E-state index in [0.29, 0.717) is 43.7 Å². The second-order valence-electron chi connectivity index (χ2n) is 6.61. The zero-order valence-electron chi connectivity index (χ0n) is 17.1. The normalized spacial score (nSPS) is 11.6. The third-order valence-corrected chi connectivity index (χ3v) is 3.12. The molecule has 0 fully saturated rings. The van der Waals surface area contributed by atoms with Gasteiger partial charge in [-0.05, 0) is 46.8 Å². The van der Waals surface area contributed by atoms with Crippen LogP contribution in [0.3, 0.4) is 0 Å². The van der Waals surface area contributed by atoms with Gasteiger partial charge in [-0.25, -0.2) is 4.79 Å². The Hall–Kier alpha value is -2.64. The number of rotatable bonds is 8. The number of anilines is 1. The summed E-state index contributed by atoms with van der Waals surface area (Å²) in [5, 5.41) is 9.06. The van der Waals surface area contributed by atoms with Crippen LogP contribution in [0.1, 0.15) is 34.6 Å². The SMILES string of the molecule is CCNC(=NCCNC(=O)OC(C)(C)C)Nc1ccc(OC)c(OCC)c1. The first-order valence-electron chi connectivity index (χ1n) is 9.12. The van der Waals surface area contributed by atoms with Crippen molar-refractivity contribution >= 4 is 17.7 Å². The molecule has 0 saturated carbocycles. The molecule has 152 valence electrons. The number of aliphatic imine (C=N–C) groups is 1. The molecule has 27 heavy (non-hydrogen) atoms. The third-order valence-electron chi connectivity index (χ3n) is 3.12. The first kappa shape index (κ1) is 22.4. The van der Waals surface area contributed by atoms with Gasteiger partial charge in [0.05, 0.1) is 20.3 Å². The van der Waals surface area contributed by atoms with Gasteiger partial charge in [0.2, 0.25) is 0 Å². The van der Waals surface area contributed by atoms with Gasteiger partial charge in [0.1, 0.15) is 5.60 Å². The molecular weight excluding hydrogens is 348 g/mol. The molecule has 8 heteroatoms. The predicted molar refractivity (Wildman–Crippen MR) is 108 cm³/mol. The van der Waals surface area contributed by atoms with Crippen LogP contribution in [0.5, 0.6) is 11.5 Å². The van der Waals surface area contributed by atoms with Gasteiger partial charge in [-0.1, -0.05) is 0 Å². The van der Waals surface area contributed by atoms with E-state index in [9.17, 15) is 4.79 Å². The molecule has 0 atom stereocenters. The number of nitrogens with zero attached hydrogens (tertiary/aromatic N) is 1. The van der Waals surface area contributed by atoms with E-state index in [-0.39, 0.29) is 0 Å². The maximum Gasteiger partial charge on any atom is 0.407 e. The van der Waals surface area contributed by atoms with Crippen molar-refractivity contribution in [2.24, 2.45) is 4.99 Å². The largest absolute Gasteiger partial charge is 0.493 e. The van der Waals surface area contributed by atoms with Gasteiger partial charge in [0, 0.05) is 24.8 Å². The summed E-state index contributed by atoms with van der Waals surface area (Å²) < 4.78 is 16.1. The molecule has 1 rings (SSSR count). The van der Waals surface area contributed by atoms with Gasteiger partial charge in [-0.2, -0.15) is 0 Å². The highest BCUT2D eigenvalue weighted by Crippen LogP contribution is 2.30. The molecule has 0 radical (unpaired) electrons. The van der Waals surface area contributed by atoms with E-state index in [2.05, 4.69) is 20.9 Å². The maximum absolute atomic E-state index is 11.6. The van der Waals surface area contributed by atoms with E-state index in [1.165, 1.54) is 0 Å². The highest BCUT2D eigenvalue weighted by atomic mass is 16.6. The van der Waals surface area contributed by atoms with Crippen molar-refractivity contribution in [1.82, 2.24) is 10.6 Å². The molecule has 0 aliphatic rings. The van der Waals surface area contributed by atoms with Crippen LogP contribution in [0.4, 0.5) is 10.5 Å². The number of ether oxygens (including phenoxy) is 3. The maximum atomic E-state index is 11.6. The lowest BCUT2D eigenvalue weighted by Gasteiger charge is -2.19. The van der Waals surface area contributed by atoms with E-state index in [0.717, 1.165) is 5.69 Å². The number of benzene rings is 1. The Morgan fingerprint density at radius 3 is 2.48 bits per heavy atom. The van der Waals surface area contributed by atoms with Crippen LogP contribution in [0.15, 0.2) is 23.2 Å². The monoisotopic (exact) mass is 380 g/mol. The Morgan fingerprint density at radius 2 is 1.89 bits per heavy atom. The van der Waals surface area contributed by atoms with Gasteiger partial charge < -0.3 is 30.2 Å². The van der Waals surface area contributed by atoms with Crippen molar-refractivity contribution in [2.75, 3.05) is 38.7 Å². The number of amides is 1. The second kappa shape index (κ2) is 11.2. The lowest BCUT2D eigenvalue weighted by Crippen LogP contribution is -2.35. The first-order chi connectivity index (χ1) is 12.8. The number of hydrogen-bond donors (Lipinski definition) is 3. The molecule has 0 unspecified atom stereocenters. The number of guanidine groups is 1. The molecule has 1 amide bonds. The molecule has 0 saturated heterocycles. The average molecular weight is 380 g/mol. The quantitative estimate of drug-likeness (QED) is 0.365. The van der Waals surface area contributed by atoms with Gasteiger partial charge in [0.25, 0.3) is 0 Å². The molecule has 0 heterocycles. The van der Waals surface area contributed by atoms with Crippen molar-refractivity contribution in [3.05, 3.63) is 18.2 Å². The lowest BCUT2D eigenvalue weighted by molar-refractivity contribution is 0.0529. The fourth-order valence-corrected chi connectivity index (χ4v) is 2.11. The molecule has 0 aromatic heterocycles. The van der Waals surface area contributed by atoms with Crippen molar-refractivity contribution in [3.63, 3.8) is 0 Å². The fourth-order valence-electron chi connectivity index (χ4n) is 2.11. The van der Waals surface area contributed by atoms with Gasteiger partial charge in [-0.15, -0.1) is 0 Å². The Morgan fingerprint density at radius 1 is 1.15 bits per heavy atom. The molecular formula is C19H32N4O4. The molecule has 0 spiro atoms. The smallest absolute Gasteiger partial charge is 0.407 e. The fraction of sp³-hybridized carbons (Fsp3) is 0.579. The highest BCUT2D eigenvalue weighted by Gasteiger charge is 2.15. The number of alkyl carbamates (subject to hydrolysis) is 1. The van der Waals surface area contributed by atoms with Crippen molar-refractivity contribution in [3.8, 4) is 11.5 Å². The Balaban J connectivity index is 2.66. The van der Waals surface area contributed by atoms with Crippen LogP contribution in [0, 0.1) is 0 Å². The number of methoxy groups -OCH3 is 1. The molecule has 0 aliphatic heterocycles. The topological polar surface area (TPSA) is 93.2 Å².